The van der Waals surface area contributed by atoms with Gasteiger partial charge in [-0.1, -0.05) is 77.9 Å². The number of amides is 4. The Kier molecular flexibility index (Phi) is 9.47. The van der Waals surface area contributed by atoms with E-state index in [-0.39, 0.29) is 30.4 Å². The number of allylic oxidation sites excluding steroid dienone is 3. The summed E-state index contributed by atoms with van der Waals surface area (Å²) in [5, 5.41) is 11.2. The Balaban J connectivity index is 1.28. The molecule has 2 N–H and O–H groups in total. The van der Waals surface area contributed by atoms with Crippen molar-refractivity contribution in [3.8, 4) is 11.5 Å². The third-order valence-electron chi connectivity index (χ3n) is 12.0. The van der Waals surface area contributed by atoms with Crippen molar-refractivity contribution in [1.29, 1.82) is 0 Å². The molecule has 6 atom stereocenters. The molecule has 4 aromatic rings. The number of anilines is 2. The van der Waals surface area contributed by atoms with Gasteiger partial charge in [-0.15, -0.1) is 0 Å². The minimum atomic E-state index is -5.23. The van der Waals surface area contributed by atoms with Gasteiger partial charge in [-0.3, -0.25) is 24.6 Å². The molecule has 59 heavy (non-hydrogen) atoms. The number of carbonyl (C=O) groups excluding carboxylic acids is 4. The lowest BCUT2D eigenvalue weighted by molar-refractivity contribution is -0.143. The van der Waals surface area contributed by atoms with Crippen LogP contribution < -0.4 is 15.1 Å². The summed E-state index contributed by atoms with van der Waals surface area (Å²) in [7, 11) is 1.37. The fourth-order valence-electron chi connectivity index (χ4n) is 9.32. The zero-order chi connectivity index (χ0) is 42.2. The van der Waals surface area contributed by atoms with E-state index in [0.29, 0.717) is 39.4 Å². The van der Waals surface area contributed by atoms with E-state index in [4.69, 9.17) is 4.74 Å². The lowest BCUT2D eigenvalue weighted by Crippen LogP contribution is -2.54. The van der Waals surface area contributed by atoms with Crippen LogP contribution in [0.15, 0.2) is 109 Å². The van der Waals surface area contributed by atoms with Crippen LogP contribution in [0.4, 0.5) is 37.7 Å². The number of hydrogen-bond acceptors (Lipinski definition) is 7. The number of hydrogen-bond donors (Lipinski definition) is 2. The van der Waals surface area contributed by atoms with Crippen molar-refractivity contribution < 1.29 is 55.4 Å². The maximum atomic E-state index is 15.2. The number of nitrogens with zero attached hydrogens (tertiary/aromatic N) is 2. The molecule has 3 fully saturated rings. The van der Waals surface area contributed by atoms with Gasteiger partial charge in [0.05, 0.1) is 52.8 Å². The maximum Gasteiger partial charge on any atom is 0.416 e. The van der Waals surface area contributed by atoms with E-state index in [1.807, 2.05) is 6.92 Å². The standard InChI is InChI=1S/C44H35F6N3O6/c1-23-8-12-28(13-9-23)51-53-39(56)34-22-32-30(33(16-10-24-11-17-35(54)36(18-24)59-2)42(34,41(53)58)25-6-4-3-5-7-25)14-15-31-37(32)40(57)52(38(31)55)29-20-26(43(45,46)47)19-27(21-29)44(48,49)50/h3-14,16-21,31-34,37,51,54H,15,22H2,1-2H3/t31-,32+,33-,34-,37-,42-/m0/s1. The first kappa shape index (κ1) is 39.4. The van der Waals surface area contributed by atoms with Crippen LogP contribution >= 0.6 is 0 Å². The minimum absolute atomic E-state index is 0.0781. The average molecular weight is 816 g/mol. The number of alkyl halides is 6. The second-order valence-electron chi connectivity index (χ2n) is 15.2. The summed E-state index contributed by atoms with van der Waals surface area (Å²) in [6.45, 7) is 1.87. The molecule has 4 amide bonds. The predicted molar refractivity (Wildman–Crippen MR) is 202 cm³/mol. The van der Waals surface area contributed by atoms with E-state index in [1.54, 1.807) is 85.0 Å². The van der Waals surface area contributed by atoms with Crippen molar-refractivity contribution in [1.82, 2.24) is 5.01 Å². The number of phenols is 1. The average Bonchev–Trinajstić information content (AvgIpc) is 3.58. The Morgan fingerprint density at radius 1 is 0.814 bits per heavy atom. The maximum absolute atomic E-state index is 15.2. The number of imide groups is 2. The molecule has 1 saturated carbocycles. The van der Waals surface area contributed by atoms with Gasteiger partial charge in [-0.25, -0.2) is 4.90 Å². The van der Waals surface area contributed by atoms with E-state index >= 15 is 4.79 Å². The van der Waals surface area contributed by atoms with Crippen molar-refractivity contribution in [3.63, 3.8) is 0 Å². The minimum Gasteiger partial charge on any atom is -0.504 e. The molecule has 0 aromatic heterocycles. The van der Waals surface area contributed by atoms with E-state index in [2.05, 4.69) is 5.43 Å². The normalized spacial score (nSPS) is 25.6. The van der Waals surface area contributed by atoms with E-state index in [1.165, 1.54) is 13.2 Å². The van der Waals surface area contributed by atoms with Crippen LogP contribution in [0.3, 0.4) is 0 Å². The number of hydrazine groups is 1. The zero-order valence-electron chi connectivity index (χ0n) is 31.3. The molecule has 4 aliphatic rings. The summed E-state index contributed by atoms with van der Waals surface area (Å²) in [6.07, 6.45) is -5.65. The largest absolute Gasteiger partial charge is 0.504 e. The van der Waals surface area contributed by atoms with Crippen LogP contribution in [0.25, 0.3) is 6.08 Å². The number of rotatable bonds is 7. The van der Waals surface area contributed by atoms with E-state index < -0.39 is 87.8 Å². The third kappa shape index (κ3) is 6.43. The Morgan fingerprint density at radius 2 is 1.47 bits per heavy atom. The molecule has 9 nitrogen and oxygen atoms in total. The summed E-state index contributed by atoms with van der Waals surface area (Å²) < 4.78 is 88.9. The number of benzene rings is 4. The topological polar surface area (TPSA) is 116 Å². The first-order chi connectivity index (χ1) is 27.9. The number of aromatic hydroxyl groups is 1. The summed E-state index contributed by atoms with van der Waals surface area (Å²) in [5.41, 5.74) is -0.00988. The van der Waals surface area contributed by atoms with Crippen LogP contribution in [-0.2, 0) is 36.9 Å². The number of carbonyl (C=O) groups is 4. The zero-order valence-corrected chi connectivity index (χ0v) is 31.3. The number of methoxy groups -OCH3 is 1. The summed E-state index contributed by atoms with van der Waals surface area (Å²) >= 11 is 0. The number of nitrogens with one attached hydrogen (secondary N) is 1. The van der Waals surface area contributed by atoms with Crippen LogP contribution in [0.2, 0.25) is 0 Å². The fourth-order valence-corrected chi connectivity index (χ4v) is 9.32. The van der Waals surface area contributed by atoms with Gasteiger partial charge >= 0.3 is 12.4 Å². The van der Waals surface area contributed by atoms with Crippen LogP contribution in [0, 0.1) is 36.5 Å². The SMILES string of the molecule is COc1cc(C=C[C@H]2C3=CC[C@@H]4C(=O)N(c5cc(C(F)(F)F)cc(C(F)(F)F)c5)C(=O)[C@@H]4[C@@H]3C[C@H]3C(=O)N(Nc4ccc(C)cc4)C(=O)[C@@]23c2ccccc2)ccc1O. The summed E-state index contributed by atoms with van der Waals surface area (Å²) in [6, 6.07) is 20.8. The van der Waals surface area contributed by atoms with Crippen LogP contribution in [0.5, 0.6) is 11.5 Å². The molecular weight excluding hydrogens is 780 g/mol. The van der Waals surface area contributed by atoms with E-state index in [0.717, 1.165) is 10.6 Å². The number of fused-ring (bicyclic) bond motifs is 4. The molecule has 0 radical (unpaired) electrons. The predicted octanol–water partition coefficient (Wildman–Crippen LogP) is 8.48. The highest BCUT2D eigenvalue weighted by Gasteiger charge is 2.69. The lowest BCUT2D eigenvalue weighted by atomic mass is 9.50. The molecule has 2 aliphatic heterocycles. The van der Waals surface area contributed by atoms with Gasteiger partial charge in [0, 0.05) is 5.92 Å². The Hall–Kier alpha value is -6.38. The van der Waals surface area contributed by atoms with Gasteiger partial charge < -0.3 is 9.84 Å². The van der Waals surface area contributed by atoms with Crippen molar-refractivity contribution in [3.05, 3.63) is 137 Å². The highest BCUT2D eigenvalue weighted by atomic mass is 19.4. The molecular formula is C44H35F6N3O6. The number of halogens is 6. The lowest BCUT2D eigenvalue weighted by Gasteiger charge is -2.49. The number of ether oxygens (including phenoxy) is 1. The van der Waals surface area contributed by atoms with Crippen LogP contribution in [-0.4, -0.2) is 40.9 Å². The Bertz CT molecular complexity index is 2420. The second-order valence-corrected chi connectivity index (χ2v) is 15.2. The van der Waals surface area contributed by atoms with E-state index in [9.17, 15) is 45.8 Å². The van der Waals surface area contributed by atoms with Crippen LogP contribution in [0.1, 0.15) is 40.7 Å². The first-order valence-electron chi connectivity index (χ1n) is 18.6. The van der Waals surface area contributed by atoms with Crippen molar-refractivity contribution in [2.45, 2.75) is 37.5 Å². The van der Waals surface area contributed by atoms with Crippen molar-refractivity contribution in [2.24, 2.45) is 29.6 Å². The monoisotopic (exact) mass is 815 g/mol. The molecule has 304 valence electrons. The van der Waals surface area contributed by atoms with Crippen molar-refractivity contribution in [2.75, 3.05) is 17.4 Å². The highest BCUT2D eigenvalue weighted by Crippen LogP contribution is 2.62. The quantitative estimate of drug-likeness (QED) is 0.109. The fraction of sp³-hybridized carbons (Fsp3) is 0.273. The molecule has 0 unspecified atom stereocenters. The molecule has 15 heteroatoms. The Labute approximate surface area is 333 Å². The van der Waals surface area contributed by atoms with Crippen molar-refractivity contribution >= 4 is 41.1 Å². The molecule has 2 aliphatic carbocycles. The summed E-state index contributed by atoms with van der Waals surface area (Å²) in [4.78, 5) is 59.0. The van der Waals surface area contributed by atoms with Gasteiger partial charge in [-0.05, 0) is 79.3 Å². The third-order valence-corrected chi connectivity index (χ3v) is 12.0. The smallest absolute Gasteiger partial charge is 0.416 e. The first-order valence-corrected chi connectivity index (χ1v) is 18.6. The molecule has 0 spiro atoms. The molecule has 2 heterocycles. The molecule has 8 rings (SSSR count). The highest BCUT2D eigenvalue weighted by molar-refractivity contribution is 6.22. The van der Waals surface area contributed by atoms with Gasteiger partial charge in [0.25, 0.3) is 11.8 Å². The van der Waals surface area contributed by atoms with Gasteiger partial charge in [0.1, 0.15) is 0 Å². The second kappa shape index (κ2) is 14.2. The van der Waals surface area contributed by atoms with Gasteiger partial charge in [0.15, 0.2) is 11.5 Å². The molecule has 0 bridgehead atoms. The number of aryl methyl sites for hydroxylation is 1. The molecule has 2 saturated heterocycles. The Morgan fingerprint density at radius 3 is 2.10 bits per heavy atom. The van der Waals surface area contributed by atoms with Gasteiger partial charge in [-0.2, -0.15) is 31.4 Å². The summed E-state index contributed by atoms with van der Waals surface area (Å²) in [5.74, 6) is -8.72. The van der Waals surface area contributed by atoms with Gasteiger partial charge in [0.2, 0.25) is 11.8 Å². The number of phenolic OH excluding ortho intramolecular Hbond substituents is 1. The molecule has 4 aromatic carbocycles.